The van der Waals surface area contributed by atoms with E-state index in [9.17, 15) is 9.59 Å². The Hall–Kier alpha value is -1.59. The first-order valence-corrected chi connectivity index (χ1v) is 7.95. The SMILES string of the molecule is CC(C)C(=O)Nc1ccc(C(=O)N2C[C@H]3CNC[C@H]3C2)cc1.Cl. The van der Waals surface area contributed by atoms with Gasteiger partial charge in [0, 0.05) is 43.3 Å². The number of hydrogen-bond donors (Lipinski definition) is 2. The van der Waals surface area contributed by atoms with E-state index in [-0.39, 0.29) is 30.1 Å². The van der Waals surface area contributed by atoms with Crippen LogP contribution in [0, 0.1) is 17.8 Å². The van der Waals surface area contributed by atoms with Gasteiger partial charge in [-0.15, -0.1) is 12.4 Å². The Morgan fingerprint density at radius 2 is 1.70 bits per heavy atom. The highest BCUT2D eigenvalue weighted by Gasteiger charge is 2.38. The molecule has 0 aliphatic carbocycles. The molecule has 1 aromatic rings. The Labute approximate surface area is 143 Å². The minimum Gasteiger partial charge on any atom is -0.338 e. The molecule has 0 unspecified atom stereocenters. The Bertz CT molecular complexity index is 562. The molecule has 0 saturated carbocycles. The number of amides is 2. The summed E-state index contributed by atoms with van der Waals surface area (Å²) >= 11 is 0. The van der Waals surface area contributed by atoms with Crippen molar-refractivity contribution < 1.29 is 9.59 Å². The lowest BCUT2D eigenvalue weighted by molar-refractivity contribution is -0.118. The number of anilines is 1. The molecule has 2 aliphatic heterocycles. The lowest BCUT2D eigenvalue weighted by Gasteiger charge is -2.17. The van der Waals surface area contributed by atoms with Crippen molar-refractivity contribution in [2.24, 2.45) is 17.8 Å². The molecule has 0 radical (unpaired) electrons. The van der Waals surface area contributed by atoms with Crippen LogP contribution < -0.4 is 10.6 Å². The summed E-state index contributed by atoms with van der Waals surface area (Å²) in [4.78, 5) is 26.2. The summed E-state index contributed by atoms with van der Waals surface area (Å²) in [6.45, 7) is 7.45. The van der Waals surface area contributed by atoms with Crippen LogP contribution >= 0.6 is 12.4 Å². The maximum absolute atomic E-state index is 12.5. The second kappa shape index (κ2) is 7.32. The Morgan fingerprint density at radius 3 is 2.22 bits per heavy atom. The number of rotatable bonds is 3. The molecule has 2 fully saturated rings. The van der Waals surface area contributed by atoms with Crippen molar-refractivity contribution in [3.05, 3.63) is 29.8 Å². The summed E-state index contributed by atoms with van der Waals surface area (Å²) < 4.78 is 0. The largest absolute Gasteiger partial charge is 0.338 e. The zero-order chi connectivity index (χ0) is 15.7. The number of halogens is 1. The summed E-state index contributed by atoms with van der Waals surface area (Å²) in [7, 11) is 0. The number of carbonyl (C=O) groups excluding carboxylic acids is 2. The third-order valence-corrected chi connectivity index (χ3v) is 4.60. The second-order valence-electron chi connectivity index (χ2n) is 6.61. The molecule has 2 N–H and O–H groups in total. The first-order valence-electron chi connectivity index (χ1n) is 7.95. The molecule has 2 amide bonds. The molecule has 23 heavy (non-hydrogen) atoms. The van der Waals surface area contributed by atoms with Gasteiger partial charge in [0.2, 0.25) is 5.91 Å². The van der Waals surface area contributed by atoms with E-state index >= 15 is 0 Å². The van der Waals surface area contributed by atoms with E-state index in [2.05, 4.69) is 10.6 Å². The number of hydrogen-bond acceptors (Lipinski definition) is 3. The standard InChI is InChI=1S/C17H23N3O2.ClH/c1-11(2)16(21)19-15-5-3-12(4-6-15)17(22)20-9-13-7-18-8-14(13)10-20;/h3-6,11,13-14,18H,7-10H2,1-2H3,(H,19,21);1H/t13-,14+;. The van der Waals surface area contributed by atoms with Crippen LogP contribution in [0.25, 0.3) is 0 Å². The third kappa shape index (κ3) is 3.85. The van der Waals surface area contributed by atoms with Gasteiger partial charge >= 0.3 is 0 Å². The Balaban J connectivity index is 0.00000192. The monoisotopic (exact) mass is 337 g/mol. The van der Waals surface area contributed by atoms with Gasteiger partial charge in [0.05, 0.1) is 0 Å². The Morgan fingerprint density at radius 1 is 1.13 bits per heavy atom. The highest BCUT2D eigenvalue weighted by atomic mass is 35.5. The minimum absolute atomic E-state index is 0. The molecule has 0 spiro atoms. The zero-order valence-corrected chi connectivity index (χ0v) is 14.4. The van der Waals surface area contributed by atoms with Crippen molar-refractivity contribution in [3.8, 4) is 0 Å². The summed E-state index contributed by atoms with van der Waals surface area (Å²) in [6, 6.07) is 7.19. The van der Waals surface area contributed by atoms with Crippen LogP contribution in [0.4, 0.5) is 5.69 Å². The van der Waals surface area contributed by atoms with Crippen LogP contribution in [-0.2, 0) is 4.79 Å². The van der Waals surface area contributed by atoms with Crippen molar-refractivity contribution in [2.75, 3.05) is 31.5 Å². The van der Waals surface area contributed by atoms with Crippen molar-refractivity contribution in [1.29, 1.82) is 0 Å². The molecule has 1 aromatic carbocycles. The fourth-order valence-corrected chi connectivity index (χ4v) is 3.19. The minimum atomic E-state index is -0.0565. The van der Waals surface area contributed by atoms with E-state index in [0.29, 0.717) is 17.4 Å². The summed E-state index contributed by atoms with van der Waals surface area (Å²) in [5.74, 6) is 1.23. The van der Waals surface area contributed by atoms with Crippen molar-refractivity contribution in [2.45, 2.75) is 13.8 Å². The highest BCUT2D eigenvalue weighted by molar-refractivity contribution is 5.96. The predicted octanol–water partition coefficient (Wildman–Crippen LogP) is 1.99. The fraction of sp³-hybridized carbons (Fsp3) is 0.529. The number of benzene rings is 1. The molecular formula is C17H24ClN3O2. The maximum atomic E-state index is 12.5. The summed E-state index contributed by atoms with van der Waals surface area (Å²) in [5, 5.41) is 6.22. The van der Waals surface area contributed by atoms with Gasteiger partial charge < -0.3 is 15.5 Å². The molecule has 2 saturated heterocycles. The second-order valence-corrected chi connectivity index (χ2v) is 6.61. The molecule has 6 heteroatoms. The van der Waals surface area contributed by atoms with E-state index in [1.807, 2.05) is 18.7 Å². The summed E-state index contributed by atoms with van der Waals surface area (Å²) in [5.41, 5.74) is 1.42. The molecule has 0 aromatic heterocycles. The van der Waals surface area contributed by atoms with Gasteiger partial charge in [-0.2, -0.15) is 0 Å². The zero-order valence-electron chi connectivity index (χ0n) is 13.5. The molecule has 0 bridgehead atoms. The smallest absolute Gasteiger partial charge is 0.253 e. The van der Waals surface area contributed by atoms with Crippen LogP contribution in [0.3, 0.4) is 0 Å². The first-order chi connectivity index (χ1) is 10.5. The first kappa shape index (κ1) is 17.8. The van der Waals surface area contributed by atoms with Crippen LogP contribution in [0.5, 0.6) is 0 Å². The average molecular weight is 338 g/mol. The molecule has 3 rings (SSSR count). The third-order valence-electron chi connectivity index (χ3n) is 4.60. The molecule has 2 aliphatic rings. The van der Waals surface area contributed by atoms with Crippen LogP contribution in [0.1, 0.15) is 24.2 Å². The lowest BCUT2D eigenvalue weighted by Crippen LogP contribution is -2.31. The van der Waals surface area contributed by atoms with Gasteiger partial charge in [0.1, 0.15) is 0 Å². The van der Waals surface area contributed by atoms with Crippen molar-refractivity contribution in [1.82, 2.24) is 10.2 Å². The quantitative estimate of drug-likeness (QED) is 0.886. The van der Waals surface area contributed by atoms with E-state index in [0.717, 1.165) is 31.9 Å². The summed E-state index contributed by atoms with van der Waals surface area (Å²) in [6.07, 6.45) is 0. The normalized spacial score (nSPS) is 22.7. The van der Waals surface area contributed by atoms with Crippen LogP contribution in [0.15, 0.2) is 24.3 Å². The lowest BCUT2D eigenvalue weighted by atomic mass is 10.0. The van der Waals surface area contributed by atoms with Gasteiger partial charge in [0.15, 0.2) is 0 Å². The van der Waals surface area contributed by atoms with Gasteiger partial charge in [-0.3, -0.25) is 9.59 Å². The highest BCUT2D eigenvalue weighted by Crippen LogP contribution is 2.27. The topological polar surface area (TPSA) is 61.4 Å². The van der Waals surface area contributed by atoms with E-state index in [1.54, 1.807) is 24.3 Å². The average Bonchev–Trinajstić information content (AvgIpc) is 3.08. The van der Waals surface area contributed by atoms with Gasteiger partial charge in [-0.1, -0.05) is 13.8 Å². The van der Waals surface area contributed by atoms with Crippen LogP contribution in [-0.4, -0.2) is 42.9 Å². The van der Waals surface area contributed by atoms with Crippen molar-refractivity contribution >= 4 is 29.9 Å². The van der Waals surface area contributed by atoms with Gasteiger partial charge in [-0.05, 0) is 36.1 Å². The number of nitrogens with one attached hydrogen (secondary N) is 2. The van der Waals surface area contributed by atoms with E-state index in [4.69, 9.17) is 0 Å². The molecule has 126 valence electrons. The van der Waals surface area contributed by atoms with Crippen LogP contribution in [0.2, 0.25) is 0 Å². The number of fused-ring (bicyclic) bond motifs is 1. The van der Waals surface area contributed by atoms with E-state index in [1.165, 1.54) is 0 Å². The molecule has 2 atom stereocenters. The van der Waals surface area contributed by atoms with Gasteiger partial charge in [0.25, 0.3) is 5.91 Å². The fourth-order valence-electron chi connectivity index (χ4n) is 3.19. The number of likely N-dealkylation sites (tertiary alicyclic amines) is 1. The predicted molar refractivity (Wildman–Crippen MR) is 92.9 cm³/mol. The number of nitrogens with zero attached hydrogens (tertiary/aromatic N) is 1. The van der Waals surface area contributed by atoms with Gasteiger partial charge in [-0.25, -0.2) is 0 Å². The van der Waals surface area contributed by atoms with E-state index < -0.39 is 0 Å². The van der Waals surface area contributed by atoms with Crippen molar-refractivity contribution in [3.63, 3.8) is 0 Å². The maximum Gasteiger partial charge on any atom is 0.253 e. The number of carbonyl (C=O) groups is 2. The molecule has 5 nitrogen and oxygen atoms in total. The Kier molecular flexibility index (Phi) is 5.65. The molecular weight excluding hydrogens is 314 g/mol. The molecule has 2 heterocycles.